The Labute approximate surface area is 120 Å². The smallest absolute Gasteiger partial charge is 0.276 e. The molecule has 0 aliphatic carbocycles. The van der Waals surface area contributed by atoms with Crippen LogP contribution in [0.2, 0.25) is 0 Å². The van der Waals surface area contributed by atoms with Crippen molar-refractivity contribution in [3.63, 3.8) is 0 Å². The molecule has 2 aromatic heterocycles. The highest BCUT2D eigenvalue weighted by molar-refractivity contribution is 5.45. The second kappa shape index (κ2) is 5.14. The number of benzene rings is 1. The summed E-state index contributed by atoms with van der Waals surface area (Å²) in [5, 5.41) is 4.18. The fourth-order valence-corrected chi connectivity index (χ4v) is 2.33. The summed E-state index contributed by atoms with van der Waals surface area (Å²) in [6, 6.07) is 6.42. The number of hydrogen-bond acceptors (Lipinski definition) is 3. The van der Waals surface area contributed by atoms with Crippen LogP contribution in [0.4, 0.5) is 4.39 Å². The molecule has 0 radical (unpaired) electrons. The van der Waals surface area contributed by atoms with E-state index in [4.69, 9.17) is 5.73 Å². The molecule has 0 bridgehead atoms. The van der Waals surface area contributed by atoms with Gasteiger partial charge in [-0.1, -0.05) is 6.07 Å². The lowest BCUT2D eigenvalue weighted by Gasteiger charge is -2.08. The lowest BCUT2D eigenvalue weighted by molar-refractivity contribution is 0.594. The fourth-order valence-electron chi connectivity index (χ4n) is 2.33. The van der Waals surface area contributed by atoms with E-state index in [2.05, 4.69) is 5.10 Å². The molecule has 0 saturated heterocycles. The standard InChI is InChI=1S/C15H15FN4O/c1-10-6-14-15(21)19(4-5-20(14)18-10)9-12-7-11(8-17)2-3-13(12)16/h2-7H,8-9,17H2,1H3. The molecule has 0 atom stereocenters. The first kappa shape index (κ1) is 13.5. The van der Waals surface area contributed by atoms with Crippen LogP contribution in [-0.4, -0.2) is 14.2 Å². The lowest BCUT2D eigenvalue weighted by Crippen LogP contribution is -2.22. The van der Waals surface area contributed by atoms with Gasteiger partial charge in [0.15, 0.2) is 0 Å². The Kier molecular flexibility index (Phi) is 3.31. The van der Waals surface area contributed by atoms with E-state index in [0.29, 0.717) is 17.6 Å². The van der Waals surface area contributed by atoms with Gasteiger partial charge in [0.05, 0.1) is 12.2 Å². The summed E-state index contributed by atoms with van der Waals surface area (Å²) < 4.78 is 16.9. The van der Waals surface area contributed by atoms with E-state index >= 15 is 0 Å². The van der Waals surface area contributed by atoms with Gasteiger partial charge in [-0.25, -0.2) is 8.91 Å². The van der Waals surface area contributed by atoms with E-state index in [1.165, 1.54) is 15.1 Å². The third-order valence-corrected chi connectivity index (χ3v) is 3.41. The minimum atomic E-state index is -0.344. The van der Waals surface area contributed by atoms with Crippen LogP contribution in [0.15, 0.2) is 41.5 Å². The van der Waals surface area contributed by atoms with Gasteiger partial charge in [-0.15, -0.1) is 0 Å². The van der Waals surface area contributed by atoms with Gasteiger partial charge in [-0.2, -0.15) is 5.10 Å². The van der Waals surface area contributed by atoms with Crippen molar-refractivity contribution in [2.45, 2.75) is 20.0 Å². The maximum absolute atomic E-state index is 13.9. The largest absolute Gasteiger partial charge is 0.326 e. The summed E-state index contributed by atoms with van der Waals surface area (Å²) in [5.41, 5.74) is 7.89. The van der Waals surface area contributed by atoms with Gasteiger partial charge in [0.1, 0.15) is 11.3 Å². The predicted octanol–water partition coefficient (Wildman–Crippen LogP) is 1.45. The molecule has 108 valence electrons. The van der Waals surface area contributed by atoms with Gasteiger partial charge in [-0.05, 0) is 30.7 Å². The van der Waals surface area contributed by atoms with E-state index in [-0.39, 0.29) is 17.9 Å². The average molecular weight is 286 g/mol. The molecule has 0 spiro atoms. The Morgan fingerprint density at radius 2 is 2.10 bits per heavy atom. The molecule has 0 aliphatic heterocycles. The van der Waals surface area contributed by atoms with Crippen LogP contribution in [0, 0.1) is 12.7 Å². The molecule has 0 fully saturated rings. The maximum atomic E-state index is 13.9. The van der Waals surface area contributed by atoms with E-state index in [1.807, 2.05) is 6.92 Å². The number of nitrogens with two attached hydrogens (primary N) is 1. The molecule has 3 aromatic rings. The minimum absolute atomic E-state index is 0.166. The highest BCUT2D eigenvalue weighted by Crippen LogP contribution is 2.12. The first-order chi connectivity index (χ1) is 10.1. The van der Waals surface area contributed by atoms with Crippen molar-refractivity contribution in [3.8, 4) is 0 Å². The Bertz CT molecular complexity index is 866. The van der Waals surface area contributed by atoms with Gasteiger partial charge in [0.2, 0.25) is 0 Å². The molecule has 0 aliphatic rings. The summed E-state index contributed by atoms with van der Waals surface area (Å²) in [4.78, 5) is 12.4. The molecule has 6 heteroatoms. The summed E-state index contributed by atoms with van der Waals surface area (Å²) >= 11 is 0. The van der Waals surface area contributed by atoms with Crippen molar-refractivity contribution >= 4 is 5.52 Å². The van der Waals surface area contributed by atoms with Crippen molar-refractivity contribution < 1.29 is 4.39 Å². The summed E-state index contributed by atoms with van der Waals surface area (Å²) in [7, 11) is 0. The first-order valence-corrected chi connectivity index (χ1v) is 6.61. The first-order valence-electron chi connectivity index (χ1n) is 6.61. The quantitative estimate of drug-likeness (QED) is 0.792. The predicted molar refractivity (Wildman–Crippen MR) is 77.6 cm³/mol. The Hall–Kier alpha value is -2.47. The molecular formula is C15H15FN4O. The van der Waals surface area contributed by atoms with Crippen LogP contribution in [0.25, 0.3) is 5.52 Å². The van der Waals surface area contributed by atoms with Gasteiger partial charge >= 0.3 is 0 Å². The van der Waals surface area contributed by atoms with Crippen molar-refractivity contribution in [2.75, 3.05) is 0 Å². The highest BCUT2D eigenvalue weighted by atomic mass is 19.1. The van der Waals surface area contributed by atoms with Crippen LogP contribution in [0.1, 0.15) is 16.8 Å². The molecule has 2 N–H and O–H groups in total. The number of nitrogens with zero attached hydrogens (tertiary/aromatic N) is 3. The molecule has 3 rings (SSSR count). The SMILES string of the molecule is Cc1cc2c(=O)n(Cc3cc(CN)ccc3F)ccn2n1. The van der Waals surface area contributed by atoms with Gasteiger partial charge < -0.3 is 10.3 Å². The Morgan fingerprint density at radius 1 is 1.29 bits per heavy atom. The summed E-state index contributed by atoms with van der Waals surface area (Å²) in [6.07, 6.45) is 3.30. The summed E-state index contributed by atoms with van der Waals surface area (Å²) in [5.74, 6) is -0.344. The second-order valence-electron chi connectivity index (χ2n) is 4.98. The van der Waals surface area contributed by atoms with Gasteiger partial charge in [-0.3, -0.25) is 4.79 Å². The molecule has 1 aromatic carbocycles. The average Bonchev–Trinajstić information content (AvgIpc) is 2.85. The maximum Gasteiger partial charge on any atom is 0.276 e. The van der Waals surface area contributed by atoms with Crippen LogP contribution >= 0.6 is 0 Å². The monoisotopic (exact) mass is 286 g/mol. The number of aromatic nitrogens is 3. The zero-order valence-electron chi connectivity index (χ0n) is 11.6. The topological polar surface area (TPSA) is 65.3 Å². The third-order valence-electron chi connectivity index (χ3n) is 3.41. The van der Waals surface area contributed by atoms with Crippen LogP contribution in [0.5, 0.6) is 0 Å². The molecule has 5 nitrogen and oxygen atoms in total. The summed E-state index contributed by atoms with van der Waals surface area (Å²) in [6.45, 7) is 2.32. The normalized spacial score (nSPS) is 11.2. The highest BCUT2D eigenvalue weighted by Gasteiger charge is 2.09. The number of hydrogen-bond donors (Lipinski definition) is 1. The Balaban J connectivity index is 2.06. The third kappa shape index (κ3) is 2.45. The molecule has 0 saturated carbocycles. The van der Waals surface area contributed by atoms with Crippen molar-refractivity contribution in [2.24, 2.45) is 5.73 Å². The minimum Gasteiger partial charge on any atom is -0.326 e. The van der Waals surface area contributed by atoms with Crippen LogP contribution in [0.3, 0.4) is 0 Å². The van der Waals surface area contributed by atoms with Gasteiger partial charge in [0.25, 0.3) is 5.56 Å². The van der Waals surface area contributed by atoms with Crippen LogP contribution < -0.4 is 11.3 Å². The molecule has 0 amide bonds. The van der Waals surface area contributed by atoms with Gasteiger partial charge in [0, 0.05) is 24.5 Å². The fraction of sp³-hybridized carbons (Fsp3) is 0.200. The molecular weight excluding hydrogens is 271 g/mol. The van der Waals surface area contributed by atoms with Crippen molar-refractivity contribution in [1.29, 1.82) is 0 Å². The number of fused-ring (bicyclic) bond motifs is 1. The molecule has 0 unspecified atom stereocenters. The number of rotatable bonds is 3. The van der Waals surface area contributed by atoms with Crippen molar-refractivity contribution in [1.82, 2.24) is 14.2 Å². The zero-order valence-corrected chi connectivity index (χ0v) is 11.6. The zero-order chi connectivity index (χ0) is 15.0. The van der Waals surface area contributed by atoms with Crippen molar-refractivity contribution in [3.05, 3.63) is 69.7 Å². The van der Waals surface area contributed by atoms with E-state index in [1.54, 1.807) is 30.6 Å². The van der Waals surface area contributed by atoms with E-state index in [9.17, 15) is 9.18 Å². The lowest BCUT2D eigenvalue weighted by atomic mass is 10.1. The number of halogens is 1. The Morgan fingerprint density at radius 3 is 2.86 bits per heavy atom. The molecule has 21 heavy (non-hydrogen) atoms. The van der Waals surface area contributed by atoms with Crippen LogP contribution in [-0.2, 0) is 13.1 Å². The molecule has 2 heterocycles. The van der Waals surface area contributed by atoms with E-state index < -0.39 is 0 Å². The van der Waals surface area contributed by atoms with E-state index in [0.717, 1.165) is 11.3 Å². The second-order valence-corrected chi connectivity index (χ2v) is 4.98. The number of aryl methyl sites for hydroxylation is 1.